The molecule has 1 saturated carbocycles. The summed E-state index contributed by atoms with van der Waals surface area (Å²) in [5.74, 6) is 1.94. The molecule has 2 aromatic heterocycles. The predicted molar refractivity (Wildman–Crippen MR) is 104 cm³/mol. The van der Waals surface area contributed by atoms with E-state index in [1.165, 1.54) is 40.8 Å². The third kappa shape index (κ3) is 2.29. The van der Waals surface area contributed by atoms with Gasteiger partial charge in [0.15, 0.2) is 0 Å². The monoisotopic (exact) mass is 353 g/mol. The Morgan fingerprint density at radius 1 is 1.00 bits per heavy atom. The number of benzene rings is 2. The normalized spacial score (nSPS) is 15.0. The van der Waals surface area contributed by atoms with E-state index in [1.54, 1.807) is 0 Å². The Kier molecular flexibility index (Phi) is 3.01. The number of rotatable bonds is 3. The van der Waals surface area contributed by atoms with Crippen molar-refractivity contribution in [2.45, 2.75) is 32.1 Å². The van der Waals surface area contributed by atoms with E-state index in [0.29, 0.717) is 11.8 Å². The largest absolute Gasteiger partial charge is 0.416 e. The molecule has 2 heterocycles. The van der Waals surface area contributed by atoms with E-state index in [1.807, 2.05) is 30.3 Å². The topological polar surface area (TPSA) is 54.7 Å². The molecule has 27 heavy (non-hydrogen) atoms. The highest BCUT2D eigenvalue weighted by Gasteiger charge is 2.30. The van der Waals surface area contributed by atoms with Crippen LogP contribution in [0.1, 0.15) is 41.1 Å². The fraction of sp³-hybridized carbons (Fsp3) is 0.217. The molecule has 1 N–H and O–H groups in total. The van der Waals surface area contributed by atoms with Crippen LogP contribution in [0.5, 0.6) is 0 Å². The van der Waals surface area contributed by atoms with E-state index in [2.05, 4.69) is 40.3 Å². The van der Waals surface area contributed by atoms with E-state index in [4.69, 9.17) is 4.42 Å². The van der Waals surface area contributed by atoms with Gasteiger partial charge >= 0.3 is 0 Å². The third-order valence-electron chi connectivity index (χ3n) is 5.77. The summed E-state index contributed by atoms with van der Waals surface area (Å²) in [5.41, 5.74) is 9.78. The average Bonchev–Trinajstić information content (AvgIpc) is 3.22. The van der Waals surface area contributed by atoms with Gasteiger partial charge in [-0.1, -0.05) is 36.4 Å². The number of aromatic nitrogens is 3. The van der Waals surface area contributed by atoms with Crippen LogP contribution in [0, 0.1) is 6.92 Å². The van der Waals surface area contributed by atoms with Crippen molar-refractivity contribution in [3.8, 4) is 34.2 Å². The van der Waals surface area contributed by atoms with E-state index >= 15 is 0 Å². The molecule has 132 valence electrons. The summed E-state index contributed by atoms with van der Waals surface area (Å²) < 4.78 is 6.05. The van der Waals surface area contributed by atoms with E-state index < -0.39 is 0 Å². The summed E-state index contributed by atoms with van der Waals surface area (Å²) in [4.78, 5) is 3.57. The number of nitrogens with one attached hydrogen (secondary N) is 1. The molecule has 2 aliphatic rings. The Morgan fingerprint density at radius 3 is 2.63 bits per heavy atom. The van der Waals surface area contributed by atoms with Crippen LogP contribution in [-0.2, 0) is 6.42 Å². The number of H-pyrrole nitrogens is 1. The lowest BCUT2D eigenvalue weighted by Crippen LogP contribution is -1.89. The van der Waals surface area contributed by atoms with E-state index in [9.17, 15) is 0 Å². The molecule has 1 fully saturated rings. The first-order valence-electron chi connectivity index (χ1n) is 9.52. The van der Waals surface area contributed by atoms with Crippen LogP contribution in [0.3, 0.4) is 0 Å². The first kappa shape index (κ1) is 15.0. The molecule has 0 saturated heterocycles. The Balaban J connectivity index is 1.42. The van der Waals surface area contributed by atoms with Crippen LogP contribution in [0.4, 0.5) is 0 Å². The fourth-order valence-corrected chi connectivity index (χ4v) is 4.26. The van der Waals surface area contributed by atoms with Crippen molar-refractivity contribution >= 4 is 0 Å². The van der Waals surface area contributed by atoms with Crippen molar-refractivity contribution in [1.29, 1.82) is 0 Å². The van der Waals surface area contributed by atoms with Gasteiger partial charge in [-0.3, -0.25) is 0 Å². The first-order chi connectivity index (χ1) is 13.3. The van der Waals surface area contributed by atoms with Gasteiger partial charge in [-0.05, 0) is 54.5 Å². The third-order valence-corrected chi connectivity index (χ3v) is 5.77. The van der Waals surface area contributed by atoms with Gasteiger partial charge in [0.2, 0.25) is 11.8 Å². The second-order valence-electron chi connectivity index (χ2n) is 7.62. The zero-order chi connectivity index (χ0) is 18.0. The van der Waals surface area contributed by atoms with Gasteiger partial charge in [0.25, 0.3) is 0 Å². The van der Waals surface area contributed by atoms with Gasteiger partial charge in [-0.2, -0.15) is 0 Å². The van der Waals surface area contributed by atoms with Crippen LogP contribution < -0.4 is 0 Å². The van der Waals surface area contributed by atoms with Crippen molar-refractivity contribution in [2.24, 2.45) is 0 Å². The molecular formula is C23H19N3O. The maximum absolute atomic E-state index is 6.05. The predicted octanol–water partition coefficient (Wildman–Crippen LogP) is 5.49. The minimum atomic E-state index is 0.562. The van der Waals surface area contributed by atoms with Crippen molar-refractivity contribution < 1.29 is 4.42 Å². The fourth-order valence-electron chi connectivity index (χ4n) is 4.26. The molecule has 0 radical (unpaired) electrons. The highest BCUT2D eigenvalue weighted by atomic mass is 16.4. The number of aryl methyl sites for hydroxylation is 1. The van der Waals surface area contributed by atoms with E-state index in [0.717, 1.165) is 29.2 Å². The lowest BCUT2D eigenvalue weighted by atomic mass is 10.0. The smallest absolute Gasteiger partial charge is 0.250 e. The van der Waals surface area contributed by atoms with Crippen LogP contribution in [-0.4, -0.2) is 15.2 Å². The van der Waals surface area contributed by atoms with Gasteiger partial charge in [0, 0.05) is 23.2 Å². The summed E-state index contributed by atoms with van der Waals surface area (Å²) in [6.45, 7) is 2.08. The minimum Gasteiger partial charge on any atom is -0.416 e. The molecule has 4 nitrogen and oxygen atoms in total. The molecule has 2 aliphatic carbocycles. The lowest BCUT2D eigenvalue weighted by molar-refractivity contribution is 0.583. The quantitative estimate of drug-likeness (QED) is 0.467. The number of hydrogen-bond donors (Lipinski definition) is 1. The molecule has 2 aromatic carbocycles. The van der Waals surface area contributed by atoms with Crippen LogP contribution in [0.25, 0.3) is 34.2 Å². The molecule has 0 spiro atoms. The molecular weight excluding hydrogens is 334 g/mol. The van der Waals surface area contributed by atoms with Crippen molar-refractivity contribution in [3.05, 3.63) is 70.9 Å². The van der Waals surface area contributed by atoms with Gasteiger partial charge in [-0.25, -0.2) is 0 Å². The summed E-state index contributed by atoms with van der Waals surface area (Å²) in [6.07, 6.45) is 3.59. The maximum atomic E-state index is 6.05. The van der Waals surface area contributed by atoms with Crippen molar-refractivity contribution in [2.75, 3.05) is 0 Å². The van der Waals surface area contributed by atoms with Crippen molar-refractivity contribution in [3.63, 3.8) is 0 Å². The summed E-state index contributed by atoms with van der Waals surface area (Å²) in [5, 5.41) is 8.63. The number of aromatic amines is 1. The summed E-state index contributed by atoms with van der Waals surface area (Å²) in [7, 11) is 0. The van der Waals surface area contributed by atoms with Gasteiger partial charge in [0.1, 0.15) is 0 Å². The second-order valence-corrected chi connectivity index (χ2v) is 7.62. The number of hydrogen-bond acceptors (Lipinski definition) is 3. The van der Waals surface area contributed by atoms with E-state index in [-0.39, 0.29) is 0 Å². The van der Waals surface area contributed by atoms with Gasteiger partial charge in [0.05, 0.1) is 11.3 Å². The zero-order valence-electron chi connectivity index (χ0n) is 15.1. The van der Waals surface area contributed by atoms with Gasteiger partial charge < -0.3 is 9.40 Å². The molecule has 0 atom stereocenters. The van der Waals surface area contributed by atoms with Crippen LogP contribution in [0.2, 0.25) is 0 Å². The molecule has 0 aliphatic heterocycles. The lowest BCUT2D eigenvalue weighted by Gasteiger charge is -2.04. The Hall–Kier alpha value is -3.14. The maximum Gasteiger partial charge on any atom is 0.250 e. The van der Waals surface area contributed by atoms with Crippen LogP contribution in [0.15, 0.2) is 52.9 Å². The zero-order valence-corrected chi connectivity index (χ0v) is 15.1. The Bertz CT molecular complexity index is 1170. The molecule has 4 heteroatoms. The molecule has 6 rings (SSSR count). The number of nitrogens with zero attached hydrogens (tertiary/aromatic N) is 2. The van der Waals surface area contributed by atoms with Gasteiger partial charge in [-0.15, -0.1) is 10.2 Å². The standard InChI is InChI=1S/C23H19N3O/c1-13-20(23-26-25-22(27-23)15-5-3-2-4-6-15)19-12-17-11-16(14-7-8-14)9-10-18(17)21(19)24-13/h2-6,9-11,14,24H,7-8,12H2,1H3. The van der Waals surface area contributed by atoms with Crippen molar-refractivity contribution in [1.82, 2.24) is 15.2 Å². The summed E-state index contributed by atoms with van der Waals surface area (Å²) >= 11 is 0. The van der Waals surface area contributed by atoms with Crippen LogP contribution >= 0.6 is 0 Å². The highest BCUT2D eigenvalue weighted by molar-refractivity contribution is 5.83. The molecule has 4 aromatic rings. The second kappa shape index (κ2) is 5.43. The minimum absolute atomic E-state index is 0.562. The summed E-state index contributed by atoms with van der Waals surface area (Å²) in [6, 6.07) is 16.9. The Labute approximate surface area is 157 Å². The highest BCUT2D eigenvalue weighted by Crippen LogP contribution is 2.46. The average molecular weight is 353 g/mol. The molecule has 0 bridgehead atoms. The number of fused-ring (bicyclic) bond motifs is 3. The first-order valence-corrected chi connectivity index (χ1v) is 9.52. The molecule has 0 amide bonds. The SMILES string of the molecule is Cc1[nH]c2c(c1-c1nnc(-c3ccccc3)o1)Cc1cc(C3CC3)ccc1-2. The molecule has 0 unspecified atom stereocenters. The Morgan fingerprint density at radius 2 is 1.81 bits per heavy atom.